The quantitative estimate of drug-likeness (QED) is 0.564. The summed E-state index contributed by atoms with van der Waals surface area (Å²) in [7, 11) is 0. The standard InChI is InChI=1S/C13H10N2O/c16-9-15-13(5-6-13)11-3-4-12-10(8-11)2-1-7-14-12/h1-4,7-8H,5-6H2. The first-order valence-corrected chi connectivity index (χ1v) is 5.28. The third-order valence-corrected chi connectivity index (χ3v) is 3.12. The zero-order valence-electron chi connectivity index (χ0n) is 8.68. The van der Waals surface area contributed by atoms with E-state index in [-0.39, 0.29) is 5.54 Å². The van der Waals surface area contributed by atoms with Gasteiger partial charge in [0.1, 0.15) is 0 Å². The van der Waals surface area contributed by atoms with Crippen LogP contribution < -0.4 is 0 Å². The highest BCUT2D eigenvalue weighted by molar-refractivity contribution is 5.79. The van der Waals surface area contributed by atoms with Crippen LogP contribution in [0, 0.1) is 0 Å². The first kappa shape index (κ1) is 9.25. The minimum Gasteiger partial charge on any atom is -0.256 e. The van der Waals surface area contributed by atoms with Gasteiger partial charge in [-0.1, -0.05) is 12.1 Å². The number of benzene rings is 1. The second-order valence-corrected chi connectivity index (χ2v) is 4.15. The Morgan fingerprint density at radius 3 is 2.94 bits per heavy atom. The number of hydrogen-bond donors (Lipinski definition) is 0. The molecule has 16 heavy (non-hydrogen) atoms. The van der Waals surface area contributed by atoms with Gasteiger partial charge in [-0.2, -0.15) is 4.99 Å². The Kier molecular flexibility index (Phi) is 1.88. The Morgan fingerprint density at radius 2 is 2.19 bits per heavy atom. The summed E-state index contributed by atoms with van der Waals surface area (Å²) in [4.78, 5) is 18.6. The molecule has 0 N–H and O–H groups in total. The van der Waals surface area contributed by atoms with Crippen LogP contribution >= 0.6 is 0 Å². The van der Waals surface area contributed by atoms with Crippen LogP contribution in [-0.2, 0) is 10.3 Å². The molecule has 0 radical (unpaired) electrons. The molecule has 1 fully saturated rings. The topological polar surface area (TPSA) is 42.3 Å². The van der Waals surface area contributed by atoms with E-state index in [1.807, 2.05) is 24.3 Å². The Labute approximate surface area is 92.8 Å². The van der Waals surface area contributed by atoms with E-state index in [9.17, 15) is 4.79 Å². The Balaban J connectivity index is 2.15. The Hall–Kier alpha value is -1.99. The van der Waals surface area contributed by atoms with Gasteiger partial charge in [-0.25, -0.2) is 4.79 Å². The van der Waals surface area contributed by atoms with Crippen LogP contribution in [0.25, 0.3) is 10.9 Å². The van der Waals surface area contributed by atoms with Crippen LogP contribution in [0.3, 0.4) is 0 Å². The van der Waals surface area contributed by atoms with Crippen molar-refractivity contribution in [3.8, 4) is 0 Å². The van der Waals surface area contributed by atoms with E-state index >= 15 is 0 Å². The van der Waals surface area contributed by atoms with Crippen LogP contribution in [0.4, 0.5) is 0 Å². The molecular formula is C13H10N2O. The lowest BCUT2D eigenvalue weighted by atomic mass is 10.0. The van der Waals surface area contributed by atoms with E-state index in [0.717, 1.165) is 29.3 Å². The summed E-state index contributed by atoms with van der Waals surface area (Å²) in [6.45, 7) is 0. The highest BCUT2D eigenvalue weighted by Crippen LogP contribution is 2.49. The van der Waals surface area contributed by atoms with E-state index in [2.05, 4.69) is 16.0 Å². The van der Waals surface area contributed by atoms with E-state index in [1.165, 1.54) is 0 Å². The Bertz CT molecular complexity index is 596. The van der Waals surface area contributed by atoms with Crippen LogP contribution in [0.2, 0.25) is 0 Å². The smallest absolute Gasteiger partial charge is 0.235 e. The molecule has 3 heteroatoms. The summed E-state index contributed by atoms with van der Waals surface area (Å²) in [6.07, 6.45) is 5.33. The van der Waals surface area contributed by atoms with Crippen molar-refractivity contribution in [2.45, 2.75) is 18.4 Å². The molecule has 0 bridgehead atoms. The predicted molar refractivity (Wildman–Crippen MR) is 60.8 cm³/mol. The number of rotatable bonds is 2. The fourth-order valence-electron chi connectivity index (χ4n) is 2.04. The van der Waals surface area contributed by atoms with Gasteiger partial charge in [0.2, 0.25) is 6.08 Å². The van der Waals surface area contributed by atoms with Gasteiger partial charge in [0.05, 0.1) is 11.1 Å². The molecule has 1 heterocycles. The third-order valence-electron chi connectivity index (χ3n) is 3.12. The van der Waals surface area contributed by atoms with Crippen molar-refractivity contribution in [1.29, 1.82) is 0 Å². The molecule has 0 saturated heterocycles. The van der Waals surface area contributed by atoms with Gasteiger partial charge in [0.25, 0.3) is 0 Å². The van der Waals surface area contributed by atoms with Gasteiger partial charge in [-0.3, -0.25) is 4.98 Å². The minimum absolute atomic E-state index is 0.286. The van der Waals surface area contributed by atoms with Crippen molar-refractivity contribution in [2.75, 3.05) is 0 Å². The summed E-state index contributed by atoms with van der Waals surface area (Å²) in [5.74, 6) is 0. The molecule has 1 aromatic carbocycles. The predicted octanol–water partition coefficient (Wildman–Crippen LogP) is 2.56. The maximum absolute atomic E-state index is 10.4. The molecule has 0 amide bonds. The molecule has 78 valence electrons. The van der Waals surface area contributed by atoms with Crippen LogP contribution in [0.15, 0.2) is 41.5 Å². The molecule has 1 aliphatic carbocycles. The second-order valence-electron chi connectivity index (χ2n) is 4.15. The summed E-state index contributed by atoms with van der Waals surface area (Å²) >= 11 is 0. The molecule has 0 atom stereocenters. The highest BCUT2D eigenvalue weighted by Gasteiger charge is 2.44. The summed E-state index contributed by atoms with van der Waals surface area (Å²) in [6, 6.07) is 9.98. The average molecular weight is 210 g/mol. The summed E-state index contributed by atoms with van der Waals surface area (Å²) in [5, 5.41) is 1.09. The highest BCUT2D eigenvalue weighted by atomic mass is 16.1. The van der Waals surface area contributed by atoms with Crippen LogP contribution in [0.1, 0.15) is 18.4 Å². The fourth-order valence-corrected chi connectivity index (χ4v) is 2.04. The summed E-state index contributed by atoms with van der Waals surface area (Å²) < 4.78 is 0. The van der Waals surface area contributed by atoms with Crippen molar-refractivity contribution in [3.63, 3.8) is 0 Å². The Morgan fingerprint density at radius 1 is 1.31 bits per heavy atom. The molecule has 1 aromatic heterocycles. The maximum atomic E-state index is 10.4. The number of aromatic nitrogens is 1. The van der Waals surface area contributed by atoms with Crippen molar-refractivity contribution in [2.24, 2.45) is 4.99 Å². The lowest BCUT2D eigenvalue weighted by Crippen LogP contribution is -2.01. The van der Waals surface area contributed by atoms with E-state index < -0.39 is 0 Å². The molecule has 1 aliphatic rings. The second kappa shape index (κ2) is 3.26. The van der Waals surface area contributed by atoms with E-state index in [1.54, 1.807) is 12.3 Å². The van der Waals surface area contributed by atoms with Crippen molar-refractivity contribution < 1.29 is 4.79 Å². The average Bonchev–Trinajstić information content (AvgIpc) is 3.10. The molecular weight excluding hydrogens is 200 g/mol. The maximum Gasteiger partial charge on any atom is 0.235 e. The van der Waals surface area contributed by atoms with Crippen LogP contribution in [-0.4, -0.2) is 11.1 Å². The van der Waals surface area contributed by atoms with E-state index in [4.69, 9.17) is 0 Å². The zero-order chi connectivity index (χ0) is 11.0. The first-order valence-electron chi connectivity index (χ1n) is 5.28. The van der Waals surface area contributed by atoms with Gasteiger partial charge in [0, 0.05) is 11.6 Å². The number of aliphatic imine (C=N–C) groups is 1. The van der Waals surface area contributed by atoms with Crippen LogP contribution in [0.5, 0.6) is 0 Å². The normalized spacial score (nSPS) is 16.8. The number of pyridine rings is 1. The number of isocyanates is 1. The van der Waals surface area contributed by atoms with Gasteiger partial charge >= 0.3 is 0 Å². The zero-order valence-corrected chi connectivity index (χ0v) is 8.68. The van der Waals surface area contributed by atoms with Gasteiger partial charge in [0.15, 0.2) is 0 Å². The van der Waals surface area contributed by atoms with E-state index in [0.29, 0.717) is 0 Å². The number of carbonyl (C=O) groups excluding carboxylic acids is 1. The number of nitrogens with zero attached hydrogens (tertiary/aromatic N) is 2. The van der Waals surface area contributed by atoms with Crippen molar-refractivity contribution in [1.82, 2.24) is 4.98 Å². The molecule has 3 nitrogen and oxygen atoms in total. The molecule has 2 aromatic rings. The molecule has 3 rings (SSSR count). The lowest BCUT2D eigenvalue weighted by molar-refractivity contribution is 0.556. The van der Waals surface area contributed by atoms with Crippen molar-refractivity contribution >= 4 is 17.0 Å². The molecule has 0 spiro atoms. The number of fused-ring (bicyclic) bond motifs is 1. The third kappa shape index (κ3) is 1.34. The molecule has 0 aliphatic heterocycles. The monoisotopic (exact) mass is 210 g/mol. The summed E-state index contributed by atoms with van der Waals surface area (Å²) in [5.41, 5.74) is 1.78. The van der Waals surface area contributed by atoms with Gasteiger partial charge < -0.3 is 0 Å². The van der Waals surface area contributed by atoms with Gasteiger partial charge in [-0.15, -0.1) is 0 Å². The SMILES string of the molecule is O=C=NC1(c2ccc3ncccc3c2)CC1. The molecule has 1 saturated carbocycles. The molecule has 0 unspecified atom stereocenters. The minimum atomic E-state index is -0.286. The van der Waals surface area contributed by atoms with Crippen molar-refractivity contribution in [3.05, 3.63) is 42.1 Å². The fraction of sp³-hybridized carbons (Fsp3) is 0.231. The largest absolute Gasteiger partial charge is 0.256 e. The number of hydrogen-bond acceptors (Lipinski definition) is 3. The first-order chi connectivity index (χ1) is 7.84. The lowest BCUT2D eigenvalue weighted by Gasteiger charge is -2.08. The van der Waals surface area contributed by atoms with Gasteiger partial charge in [-0.05, 0) is 36.6 Å².